The van der Waals surface area contributed by atoms with E-state index in [-0.39, 0.29) is 0 Å². The lowest BCUT2D eigenvalue weighted by Crippen LogP contribution is -2.13. The molecule has 3 nitrogen and oxygen atoms in total. The summed E-state index contributed by atoms with van der Waals surface area (Å²) in [5, 5.41) is 10.2. The van der Waals surface area contributed by atoms with Crippen LogP contribution in [0.25, 0.3) is 22.3 Å². The van der Waals surface area contributed by atoms with Crippen molar-refractivity contribution in [2.24, 2.45) is 5.73 Å². The fourth-order valence-corrected chi connectivity index (χ4v) is 3.56. The zero-order valence-electron chi connectivity index (χ0n) is 15.3. The first kappa shape index (κ1) is 22.5. The lowest BCUT2D eigenvalue weighted by molar-refractivity contribution is -0.138. The highest BCUT2D eigenvalue weighted by atomic mass is 35.5. The third-order valence-electron chi connectivity index (χ3n) is 4.52. The molecule has 0 spiro atoms. The Balaban J connectivity index is 2.54. The smallest absolute Gasteiger partial charge is 0.417 e. The summed E-state index contributed by atoms with van der Waals surface area (Å²) >= 11 is 6.16. The molecule has 0 atom stereocenters. The fourth-order valence-electron chi connectivity index (χ4n) is 3.25. The van der Waals surface area contributed by atoms with Gasteiger partial charge < -0.3 is 10.8 Å². The highest BCUT2D eigenvalue weighted by Gasteiger charge is 2.38. The van der Waals surface area contributed by atoms with E-state index in [2.05, 4.69) is 0 Å². The summed E-state index contributed by atoms with van der Waals surface area (Å²) in [4.78, 5) is 11.7. The summed E-state index contributed by atoms with van der Waals surface area (Å²) in [6, 6.07) is 8.82. The first-order chi connectivity index (χ1) is 14.3. The molecule has 0 heterocycles. The number of carbonyl (C=O) groups is 1. The third kappa shape index (κ3) is 4.18. The maximum absolute atomic E-state index is 13.6. The predicted octanol–water partition coefficient (Wildman–Crippen LogP) is 6.52. The van der Waals surface area contributed by atoms with Gasteiger partial charge in [0.1, 0.15) is 5.75 Å². The van der Waals surface area contributed by atoms with E-state index in [1.807, 2.05) is 0 Å². The number of nitrogens with two attached hydrogens (primary N) is 1. The van der Waals surface area contributed by atoms with Crippen molar-refractivity contribution in [3.63, 3.8) is 0 Å². The van der Waals surface area contributed by atoms with Gasteiger partial charge in [0.2, 0.25) is 0 Å². The van der Waals surface area contributed by atoms with Crippen LogP contribution in [0.5, 0.6) is 5.75 Å². The van der Waals surface area contributed by atoms with E-state index in [0.717, 1.165) is 36.4 Å². The van der Waals surface area contributed by atoms with Gasteiger partial charge in [0.25, 0.3) is 5.91 Å². The molecule has 3 N–H and O–H groups in total. The van der Waals surface area contributed by atoms with Crippen LogP contribution in [-0.4, -0.2) is 11.0 Å². The van der Waals surface area contributed by atoms with Crippen LogP contribution in [0.3, 0.4) is 0 Å². The lowest BCUT2D eigenvalue weighted by atomic mass is 9.87. The largest absolute Gasteiger partial charge is 0.506 e. The molecule has 0 unspecified atom stereocenters. The number of phenols is 1. The maximum Gasteiger partial charge on any atom is 0.417 e. The second kappa shape index (κ2) is 7.81. The molecule has 3 rings (SSSR count). The molecule has 0 fully saturated rings. The van der Waals surface area contributed by atoms with Gasteiger partial charge in [-0.05, 0) is 29.3 Å². The highest BCUT2D eigenvalue weighted by molar-refractivity contribution is 6.35. The molecule has 0 aliphatic carbocycles. The van der Waals surface area contributed by atoms with Crippen molar-refractivity contribution in [2.75, 3.05) is 0 Å². The first-order valence-electron chi connectivity index (χ1n) is 8.52. The van der Waals surface area contributed by atoms with Crippen LogP contribution >= 0.6 is 11.6 Å². The van der Waals surface area contributed by atoms with E-state index >= 15 is 0 Å². The van der Waals surface area contributed by atoms with Crippen LogP contribution in [-0.2, 0) is 12.4 Å². The molecule has 1 amide bonds. The Kier molecular flexibility index (Phi) is 5.66. The molecule has 31 heavy (non-hydrogen) atoms. The topological polar surface area (TPSA) is 63.3 Å². The molecular weight excluding hydrogens is 448 g/mol. The van der Waals surface area contributed by atoms with Crippen LogP contribution in [0.2, 0.25) is 5.02 Å². The molecular formula is C21H12ClF6NO2. The van der Waals surface area contributed by atoms with Crippen molar-refractivity contribution < 1.29 is 36.2 Å². The summed E-state index contributed by atoms with van der Waals surface area (Å²) in [5.41, 5.74) is -0.322. The summed E-state index contributed by atoms with van der Waals surface area (Å²) < 4.78 is 81.8. The number of aromatic hydroxyl groups is 1. The Bertz CT molecular complexity index is 1170. The Hall–Kier alpha value is -3.20. The standard InChI is InChI=1S/C21H12ClF6NO2/c22-15-9-12(19(29)31)18(30)17(11-6-2-4-8-14(11)21(26,27)28)16(15)10-5-1-3-7-13(10)20(23,24)25/h1-9,30H,(H2,29,31). The summed E-state index contributed by atoms with van der Waals surface area (Å²) in [7, 11) is 0. The SMILES string of the molecule is NC(=O)c1cc(Cl)c(-c2ccccc2C(F)(F)F)c(-c2ccccc2C(F)(F)F)c1O. The molecule has 10 heteroatoms. The number of carbonyl (C=O) groups excluding carboxylic acids is 1. The van der Waals surface area contributed by atoms with Crippen molar-refractivity contribution in [2.45, 2.75) is 12.4 Å². The van der Waals surface area contributed by atoms with E-state index in [1.54, 1.807) is 0 Å². The van der Waals surface area contributed by atoms with Gasteiger partial charge in [-0.3, -0.25) is 4.79 Å². The van der Waals surface area contributed by atoms with Crippen LogP contribution in [0.15, 0.2) is 54.6 Å². The van der Waals surface area contributed by atoms with E-state index in [9.17, 15) is 36.2 Å². The number of benzene rings is 3. The molecule has 3 aromatic carbocycles. The summed E-state index contributed by atoms with van der Waals surface area (Å²) in [6.45, 7) is 0. The summed E-state index contributed by atoms with van der Waals surface area (Å²) in [5.74, 6) is -2.23. The van der Waals surface area contributed by atoms with Gasteiger partial charge in [-0.15, -0.1) is 0 Å². The van der Waals surface area contributed by atoms with Crippen molar-refractivity contribution in [3.05, 3.63) is 76.3 Å². The molecule has 0 aliphatic rings. The Morgan fingerprint density at radius 2 is 1.23 bits per heavy atom. The molecule has 0 bridgehead atoms. The second-order valence-electron chi connectivity index (χ2n) is 6.46. The van der Waals surface area contributed by atoms with Gasteiger partial charge in [0, 0.05) is 11.1 Å². The minimum absolute atomic E-state index is 0.490. The van der Waals surface area contributed by atoms with Crippen molar-refractivity contribution in [1.82, 2.24) is 0 Å². The van der Waals surface area contributed by atoms with Gasteiger partial charge >= 0.3 is 12.4 Å². The van der Waals surface area contributed by atoms with Crippen LogP contribution in [0.4, 0.5) is 26.3 Å². The zero-order chi connectivity index (χ0) is 23.1. The van der Waals surface area contributed by atoms with Gasteiger partial charge in [-0.25, -0.2) is 0 Å². The molecule has 3 aromatic rings. The molecule has 0 aromatic heterocycles. The minimum atomic E-state index is -4.92. The van der Waals surface area contributed by atoms with Gasteiger partial charge in [-0.1, -0.05) is 48.0 Å². The number of amides is 1. The highest BCUT2D eigenvalue weighted by Crippen LogP contribution is 2.50. The monoisotopic (exact) mass is 459 g/mol. The van der Waals surface area contributed by atoms with Gasteiger partial charge in [0.05, 0.1) is 21.7 Å². The predicted molar refractivity (Wildman–Crippen MR) is 103 cm³/mol. The second-order valence-corrected chi connectivity index (χ2v) is 6.86. The van der Waals surface area contributed by atoms with Crippen molar-refractivity contribution in [3.8, 4) is 28.0 Å². The van der Waals surface area contributed by atoms with Crippen molar-refractivity contribution in [1.29, 1.82) is 0 Å². The minimum Gasteiger partial charge on any atom is -0.506 e. The van der Waals surface area contributed by atoms with E-state index in [4.69, 9.17) is 17.3 Å². The Labute approximate surface area is 176 Å². The quantitative estimate of drug-likeness (QED) is 0.438. The van der Waals surface area contributed by atoms with E-state index in [1.165, 1.54) is 12.1 Å². The Morgan fingerprint density at radius 3 is 1.65 bits per heavy atom. The first-order valence-corrected chi connectivity index (χ1v) is 8.90. The van der Waals surface area contributed by atoms with Crippen molar-refractivity contribution >= 4 is 17.5 Å². The molecule has 162 valence electrons. The average Bonchev–Trinajstić information content (AvgIpc) is 2.67. The average molecular weight is 460 g/mol. The number of alkyl halides is 6. The number of hydrogen-bond acceptors (Lipinski definition) is 2. The third-order valence-corrected chi connectivity index (χ3v) is 4.82. The van der Waals surface area contributed by atoms with E-state index < -0.39 is 68.0 Å². The normalized spacial score (nSPS) is 12.1. The fraction of sp³-hybridized carbons (Fsp3) is 0.0952. The molecule has 0 saturated carbocycles. The molecule has 0 radical (unpaired) electrons. The lowest BCUT2D eigenvalue weighted by Gasteiger charge is -2.22. The van der Waals surface area contributed by atoms with Crippen LogP contribution in [0, 0.1) is 0 Å². The van der Waals surface area contributed by atoms with Crippen LogP contribution < -0.4 is 5.73 Å². The van der Waals surface area contributed by atoms with Gasteiger partial charge in [0.15, 0.2) is 0 Å². The maximum atomic E-state index is 13.6. The summed E-state index contributed by atoms with van der Waals surface area (Å²) in [6.07, 6.45) is -9.79. The zero-order valence-corrected chi connectivity index (χ0v) is 16.0. The number of halogens is 7. The van der Waals surface area contributed by atoms with Crippen LogP contribution in [0.1, 0.15) is 21.5 Å². The molecule has 0 saturated heterocycles. The number of primary amides is 1. The number of rotatable bonds is 3. The molecule has 0 aliphatic heterocycles. The van der Waals surface area contributed by atoms with E-state index in [0.29, 0.717) is 6.07 Å². The Morgan fingerprint density at radius 1 is 0.806 bits per heavy atom. The number of hydrogen-bond donors (Lipinski definition) is 2. The van der Waals surface area contributed by atoms with Gasteiger partial charge in [-0.2, -0.15) is 26.3 Å².